The number of nitrogens with one attached hydrogen (secondary N) is 1. The van der Waals surface area contributed by atoms with Gasteiger partial charge in [0, 0.05) is 12.1 Å². The van der Waals surface area contributed by atoms with Gasteiger partial charge in [-0.05, 0) is 76.6 Å². The largest absolute Gasteiger partial charge is 0.495 e. The first-order valence-corrected chi connectivity index (χ1v) is 14.3. The summed E-state index contributed by atoms with van der Waals surface area (Å²) >= 11 is 0. The van der Waals surface area contributed by atoms with Crippen LogP contribution in [0.15, 0.2) is 77.7 Å². The quantitative estimate of drug-likeness (QED) is 0.383. The summed E-state index contributed by atoms with van der Waals surface area (Å²) in [6.07, 6.45) is 0. The lowest BCUT2D eigenvalue weighted by Crippen LogP contribution is -2.54. The molecule has 214 valence electrons. The summed E-state index contributed by atoms with van der Waals surface area (Å²) in [5.74, 6) is -1.21. The molecule has 0 heterocycles. The highest BCUT2D eigenvalue weighted by Crippen LogP contribution is 2.32. The number of halogens is 1. The lowest BCUT2D eigenvalue weighted by Gasteiger charge is -2.33. The Hall–Kier alpha value is -3.92. The van der Waals surface area contributed by atoms with E-state index in [1.54, 1.807) is 43.3 Å². The first-order chi connectivity index (χ1) is 18.7. The second-order valence-electron chi connectivity index (χ2n) is 10.6. The van der Waals surface area contributed by atoms with Crippen LogP contribution in [0.3, 0.4) is 0 Å². The normalized spacial score (nSPS) is 12.4. The highest BCUT2D eigenvalue weighted by molar-refractivity contribution is 7.92. The molecule has 0 saturated carbocycles. The summed E-state index contributed by atoms with van der Waals surface area (Å²) in [5, 5.41) is 2.87. The van der Waals surface area contributed by atoms with Gasteiger partial charge in [-0.3, -0.25) is 13.9 Å². The van der Waals surface area contributed by atoms with Crippen molar-refractivity contribution in [2.24, 2.45) is 0 Å². The molecule has 0 unspecified atom stereocenters. The Kier molecular flexibility index (Phi) is 9.57. The van der Waals surface area contributed by atoms with Crippen LogP contribution in [0, 0.1) is 12.7 Å². The number of ether oxygens (including phenoxy) is 1. The van der Waals surface area contributed by atoms with E-state index in [1.807, 2.05) is 27.7 Å². The van der Waals surface area contributed by atoms with Gasteiger partial charge in [-0.15, -0.1) is 0 Å². The molecule has 0 fully saturated rings. The predicted octanol–water partition coefficient (Wildman–Crippen LogP) is 4.67. The first-order valence-electron chi connectivity index (χ1n) is 12.8. The number of aryl methyl sites for hydroxylation is 1. The summed E-state index contributed by atoms with van der Waals surface area (Å²) in [6.45, 7) is 8.23. The molecular formula is C30H36FN3O5S. The molecule has 3 rings (SSSR count). The molecule has 1 N–H and O–H groups in total. The smallest absolute Gasteiger partial charge is 0.264 e. The second-order valence-corrected chi connectivity index (χ2v) is 12.4. The summed E-state index contributed by atoms with van der Waals surface area (Å²) in [5.41, 5.74) is 1.07. The standard InChI is InChI=1S/C30H36FN3O5S/c1-21-11-17-25(18-12-21)40(37,38)34(26-9-7-8-10-27(26)39-6)20-28(35)33(19-23-13-15-24(31)16-14-23)22(2)29(36)32-30(3,4)5/h7-18,22H,19-20H2,1-6H3,(H,32,36)/t22-/m0/s1. The molecule has 40 heavy (non-hydrogen) atoms. The number of anilines is 1. The van der Waals surface area contributed by atoms with Gasteiger partial charge in [-0.1, -0.05) is 42.0 Å². The minimum Gasteiger partial charge on any atom is -0.495 e. The van der Waals surface area contributed by atoms with E-state index in [4.69, 9.17) is 4.74 Å². The fourth-order valence-corrected chi connectivity index (χ4v) is 5.45. The third kappa shape index (κ3) is 7.59. The Morgan fingerprint density at radius 3 is 2.15 bits per heavy atom. The summed E-state index contributed by atoms with van der Waals surface area (Å²) in [4.78, 5) is 28.4. The van der Waals surface area contributed by atoms with E-state index < -0.39 is 45.8 Å². The molecule has 0 aromatic heterocycles. The number of benzene rings is 3. The molecule has 0 aliphatic carbocycles. The number of para-hydroxylation sites is 2. The summed E-state index contributed by atoms with van der Waals surface area (Å²) in [7, 11) is -2.82. The van der Waals surface area contributed by atoms with Gasteiger partial charge in [0.05, 0.1) is 17.7 Å². The molecule has 0 aliphatic rings. The van der Waals surface area contributed by atoms with Crippen LogP contribution >= 0.6 is 0 Å². The van der Waals surface area contributed by atoms with E-state index in [-0.39, 0.29) is 22.9 Å². The summed E-state index contributed by atoms with van der Waals surface area (Å²) < 4.78 is 47.9. The molecule has 0 bridgehead atoms. The van der Waals surface area contributed by atoms with Crippen molar-refractivity contribution in [1.82, 2.24) is 10.2 Å². The number of nitrogens with zero attached hydrogens (tertiary/aromatic N) is 2. The van der Waals surface area contributed by atoms with Crippen molar-refractivity contribution in [2.75, 3.05) is 18.0 Å². The van der Waals surface area contributed by atoms with Crippen molar-refractivity contribution in [2.45, 2.75) is 57.6 Å². The molecule has 3 aromatic carbocycles. The maximum atomic E-state index is 14.0. The molecule has 0 aliphatic heterocycles. The van der Waals surface area contributed by atoms with Crippen molar-refractivity contribution < 1.29 is 27.1 Å². The number of amides is 2. The minimum atomic E-state index is -4.23. The van der Waals surface area contributed by atoms with Crippen LogP contribution in [0.2, 0.25) is 0 Å². The van der Waals surface area contributed by atoms with Crippen LogP contribution in [0.25, 0.3) is 0 Å². The number of carbonyl (C=O) groups excluding carboxylic acids is 2. The van der Waals surface area contributed by atoms with Gasteiger partial charge in [0.15, 0.2) is 0 Å². The third-order valence-corrected chi connectivity index (χ3v) is 7.95. The van der Waals surface area contributed by atoms with E-state index in [0.717, 1.165) is 9.87 Å². The van der Waals surface area contributed by atoms with Crippen LogP contribution in [0.5, 0.6) is 5.75 Å². The molecule has 8 nitrogen and oxygen atoms in total. The van der Waals surface area contributed by atoms with Crippen LogP contribution in [-0.2, 0) is 26.2 Å². The third-order valence-electron chi connectivity index (χ3n) is 6.17. The number of sulfonamides is 1. The Bertz CT molecular complexity index is 1440. The van der Waals surface area contributed by atoms with Crippen molar-refractivity contribution in [3.05, 3.63) is 89.7 Å². The van der Waals surface area contributed by atoms with Gasteiger partial charge < -0.3 is 15.0 Å². The van der Waals surface area contributed by atoms with Crippen molar-refractivity contribution >= 4 is 27.5 Å². The number of hydrogen-bond donors (Lipinski definition) is 1. The van der Waals surface area contributed by atoms with Gasteiger partial charge in [0.1, 0.15) is 24.2 Å². The molecule has 0 saturated heterocycles. The van der Waals surface area contributed by atoms with Crippen molar-refractivity contribution in [3.63, 3.8) is 0 Å². The SMILES string of the molecule is COc1ccccc1N(CC(=O)N(Cc1ccc(F)cc1)[C@@H](C)C(=O)NC(C)(C)C)S(=O)(=O)c1ccc(C)cc1. The van der Waals surface area contributed by atoms with Crippen LogP contribution in [0.4, 0.5) is 10.1 Å². The maximum Gasteiger partial charge on any atom is 0.264 e. The monoisotopic (exact) mass is 569 g/mol. The van der Waals surface area contributed by atoms with Gasteiger partial charge in [-0.25, -0.2) is 12.8 Å². The zero-order valence-corrected chi connectivity index (χ0v) is 24.5. The van der Waals surface area contributed by atoms with Crippen LogP contribution in [0.1, 0.15) is 38.8 Å². The predicted molar refractivity (Wildman–Crippen MR) is 153 cm³/mol. The maximum absolute atomic E-state index is 14.0. The number of hydrogen-bond acceptors (Lipinski definition) is 5. The van der Waals surface area contributed by atoms with Gasteiger partial charge in [0.25, 0.3) is 10.0 Å². The lowest BCUT2D eigenvalue weighted by atomic mass is 10.1. The number of carbonyl (C=O) groups is 2. The lowest BCUT2D eigenvalue weighted by molar-refractivity contribution is -0.140. The fourth-order valence-electron chi connectivity index (χ4n) is 4.03. The van der Waals surface area contributed by atoms with Crippen molar-refractivity contribution in [3.8, 4) is 5.75 Å². The van der Waals surface area contributed by atoms with Gasteiger partial charge in [0.2, 0.25) is 11.8 Å². The van der Waals surface area contributed by atoms with E-state index in [1.165, 1.54) is 48.4 Å². The zero-order valence-electron chi connectivity index (χ0n) is 23.6. The van der Waals surface area contributed by atoms with E-state index in [9.17, 15) is 22.4 Å². The number of methoxy groups -OCH3 is 1. The van der Waals surface area contributed by atoms with Gasteiger partial charge in [-0.2, -0.15) is 0 Å². The highest BCUT2D eigenvalue weighted by Gasteiger charge is 2.34. The molecule has 0 spiro atoms. The van der Waals surface area contributed by atoms with Crippen LogP contribution in [-0.4, -0.2) is 50.4 Å². The van der Waals surface area contributed by atoms with Gasteiger partial charge >= 0.3 is 0 Å². The van der Waals surface area contributed by atoms with E-state index >= 15 is 0 Å². The fraction of sp³-hybridized carbons (Fsp3) is 0.333. The molecule has 1 atom stereocenters. The Labute approximate surface area is 235 Å². The number of rotatable bonds is 10. The molecule has 3 aromatic rings. The molecule has 10 heteroatoms. The highest BCUT2D eigenvalue weighted by atomic mass is 32.2. The Morgan fingerprint density at radius 1 is 0.975 bits per heavy atom. The van der Waals surface area contributed by atoms with Crippen molar-refractivity contribution in [1.29, 1.82) is 0 Å². The summed E-state index contributed by atoms with van der Waals surface area (Å²) in [6, 6.07) is 17.4. The second kappa shape index (κ2) is 12.5. The first kappa shape index (κ1) is 30.6. The average molecular weight is 570 g/mol. The molecule has 2 amide bonds. The Morgan fingerprint density at radius 2 is 1.57 bits per heavy atom. The van der Waals surface area contributed by atoms with E-state index in [2.05, 4.69) is 5.32 Å². The topological polar surface area (TPSA) is 96.0 Å². The Balaban J connectivity index is 2.07. The van der Waals surface area contributed by atoms with E-state index in [0.29, 0.717) is 5.56 Å². The average Bonchev–Trinajstić information content (AvgIpc) is 2.90. The molecular weight excluding hydrogens is 533 g/mol. The molecule has 0 radical (unpaired) electrons. The minimum absolute atomic E-state index is 0.000384. The zero-order chi connectivity index (χ0) is 29.7. The van der Waals surface area contributed by atoms with Crippen LogP contribution < -0.4 is 14.4 Å².